The summed E-state index contributed by atoms with van der Waals surface area (Å²) in [5.41, 5.74) is 6.26. The summed E-state index contributed by atoms with van der Waals surface area (Å²) in [6.07, 6.45) is 3.11. The smallest absolute Gasteiger partial charge is 0.275 e. The summed E-state index contributed by atoms with van der Waals surface area (Å²) in [6.45, 7) is 0. The predicted octanol–water partition coefficient (Wildman–Crippen LogP) is 1.65. The van der Waals surface area contributed by atoms with Gasteiger partial charge in [-0.15, -0.1) is 0 Å². The van der Waals surface area contributed by atoms with Crippen LogP contribution in [0.4, 0.5) is 0 Å². The molecule has 23 heavy (non-hydrogen) atoms. The molecule has 1 aromatic carbocycles. The van der Waals surface area contributed by atoms with E-state index in [4.69, 9.17) is 4.74 Å². The van der Waals surface area contributed by atoms with Gasteiger partial charge in [0.2, 0.25) is 5.88 Å². The number of ether oxygens (including phenoxy) is 1. The molecule has 116 valence electrons. The van der Waals surface area contributed by atoms with Gasteiger partial charge in [-0.2, -0.15) is 0 Å². The molecule has 3 aromatic rings. The Labute approximate surface area is 131 Å². The van der Waals surface area contributed by atoms with Gasteiger partial charge in [-0.3, -0.25) is 20.4 Å². The predicted molar refractivity (Wildman–Crippen MR) is 84.0 cm³/mol. The average molecular weight is 310 g/mol. The monoisotopic (exact) mass is 310 g/mol. The van der Waals surface area contributed by atoms with Crippen LogP contribution in [-0.4, -0.2) is 28.9 Å². The highest BCUT2D eigenvalue weighted by molar-refractivity contribution is 6.07. The number of hydrogen-bond acceptors (Lipinski definition) is 4. The number of rotatable bonds is 3. The van der Waals surface area contributed by atoms with Crippen molar-refractivity contribution in [2.45, 2.75) is 0 Å². The second-order valence-corrected chi connectivity index (χ2v) is 4.72. The van der Waals surface area contributed by atoms with Crippen LogP contribution in [0.15, 0.2) is 48.8 Å². The van der Waals surface area contributed by atoms with Gasteiger partial charge in [-0.05, 0) is 18.2 Å². The zero-order valence-corrected chi connectivity index (χ0v) is 12.3. The average Bonchev–Trinajstić information content (AvgIpc) is 3.03. The van der Waals surface area contributed by atoms with E-state index < -0.39 is 11.8 Å². The Morgan fingerprint density at radius 3 is 2.57 bits per heavy atom. The van der Waals surface area contributed by atoms with Crippen molar-refractivity contribution in [3.63, 3.8) is 0 Å². The Morgan fingerprint density at radius 2 is 1.78 bits per heavy atom. The second-order valence-electron chi connectivity index (χ2n) is 4.72. The summed E-state index contributed by atoms with van der Waals surface area (Å²) in [5, 5.41) is 0.776. The Bertz CT molecular complexity index is 872. The van der Waals surface area contributed by atoms with Gasteiger partial charge in [-0.25, -0.2) is 4.98 Å². The molecule has 2 aromatic heterocycles. The van der Waals surface area contributed by atoms with Crippen molar-refractivity contribution >= 4 is 22.7 Å². The molecule has 2 heterocycles. The molecule has 0 saturated heterocycles. The highest BCUT2D eigenvalue weighted by Crippen LogP contribution is 2.17. The second kappa shape index (κ2) is 6.18. The maximum absolute atomic E-state index is 12.2. The third kappa shape index (κ3) is 2.84. The molecule has 7 heteroatoms. The Kier molecular flexibility index (Phi) is 3.92. The van der Waals surface area contributed by atoms with Gasteiger partial charge in [-0.1, -0.05) is 18.2 Å². The number of aromatic amines is 1. The van der Waals surface area contributed by atoms with E-state index >= 15 is 0 Å². The molecule has 0 fully saturated rings. The maximum Gasteiger partial charge on any atom is 0.275 e. The molecule has 0 unspecified atom stereocenters. The number of carbonyl (C=O) groups is 2. The lowest BCUT2D eigenvalue weighted by Crippen LogP contribution is -2.41. The summed E-state index contributed by atoms with van der Waals surface area (Å²) in [4.78, 5) is 31.3. The molecule has 0 aliphatic carbocycles. The van der Waals surface area contributed by atoms with Crippen LogP contribution in [0, 0.1) is 0 Å². The van der Waals surface area contributed by atoms with Crippen molar-refractivity contribution in [1.82, 2.24) is 20.8 Å². The van der Waals surface area contributed by atoms with Crippen molar-refractivity contribution in [3.05, 3.63) is 59.9 Å². The molecule has 0 radical (unpaired) electrons. The molecule has 7 nitrogen and oxygen atoms in total. The van der Waals surface area contributed by atoms with E-state index in [0.717, 1.165) is 10.9 Å². The first-order valence-corrected chi connectivity index (χ1v) is 6.86. The van der Waals surface area contributed by atoms with Crippen LogP contribution in [0.25, 0.3) is 10.9 Å². The van der Waals surface area contributed by atoms with Gasteiger partial charge in [0.1, 0.15) is 5.56 Å². The number of aromatic nitrogens is 2. The van der Waals surface area contributed by atoms with E-state index in [1.807, 2.05) is 24.3 Å². The fourth-order valence-electron chi connectivity index (χ4n) is 2.23. The third-order valence-corrected chi connectivity index (χ3v) is 3.33. The molecular formula is C16H14N4O3. The largest absolute Gasteiger partial charge is 0.480 e. The Morgan fingerprint density at radius 1 is 1.04 bits per heavy atom. The number of hydrazine groups is 1. The minimum Gasteiger partial charge on any atom is -0.480 e. The van der Waals surface area contributed by atoms with Crippen molar-refractivity contribution in [2.24, 2.45) is 0 Å². The fraction of sp³-hybridized carbons (Fsp3) is 0.0625. The standard InChI is InChI=1S/C16H14N4O3/c1-23-16-11(6-4-8-17-16)14(21)19-20-15(22)12-9-18-13-7-3-2-5-10(12)13/h2-9,18H,1H3,(H,19,21)(H,20,22). The number of hydrogen-bond donors (Lipinski definition) is 3. The number of methoxy groups -OCH3 is 1. The molecule has 2 amide bonds. The van der Waals surface area contributed by atoms with Crippen LogP contribution in [-0.2, 0) is 0 Å². The van der Waals surface area contributed by atoms with E-state index in [0.29, 0.717) is 5.56 Å². The lowest BCUT2D eigenvalue weighted by Gasteiger charge is -2.09. The first-order chi connectivity index (χ1) is 11.2. The first-order valence-electron chi connectivity index (χ1n) is 6.86. The van der Waals surface area contributed by atoms with E-state index in [9.17, 15) is 9.59 Å². The van der Waals surface area contributed by atoms with Gasteiger partial charge in [0.15, 0.2) is 0 Å². The summed E-state index contributed by atoms with van der Waals surface area (Å²) in [6, 6.07) is 10.6. The molecule has 0 atom stereocenters. The van der Waals surface area contributed by atoms with Gasteiger partial charge < -0.3 is 9.72 Å². The fourth-order valence-corrected chi connectivity index (χ4v) is 2.23. The minimum atomic E-state index is -0.511. The SMILES string of the molecule is COc1ncccc1C(=O)NNC(=O)c1c[nH]c2ccccc12. The van der Waals surface area contributed by atoms with Crippen molar-refractivity contribution < 1.29 is 14.3 Å². The zero-order chi connectivity index (χ0) is 16.2. The summed E-state index contributed by atoms with van der Waals surface area (Å²) >= 11 is 0. The lowest BCUT2D eigenvalue weighted by molar-refractivity contribution is 0.0845. The van der Waals surface area contributed by atoms with Crippen LogP contribution >= 0.6 is 0 Å². The van der Waals surface area contributed by atoms with Crippen LogP contribution in [0.3, 0.4) is 0 Å². The number of amides is 2. The highest BCUT2D eigenvalue weighted by atomic mass is 16.5. The molecule has 0 aliphatic heterocycles. The number of benzene rings is 1. The number of para-hydroxylation sites is 1. The van der Waals surface area contributed by atoms with E-state index in [1.54, 1.807) is 18.3 Å². The van der Waals surface area contributed by atoms with Crippen molar-refractivity contribution in [3.8, 4) is 5.88 Å². The molecule has 0 bridgehead atoms. The molecule has 3 rings (SSSR count). The maximum atomic E-state index is 12.2. The van der Waals surface area contributed by atoms with Gasteiger partial charge in [0.25, 0.3) is 11.8 Å². The quantitative estimate of drug-likeness (QED) is 0.641. The number of nitrogens with zero attached hydrogens (tertiary/aromatic N) is 1. The van der Waals surface area contributed by atoms with Gasteiger partial charge >= 0.3 is 0 Å². The number of fused-ring (bicyclic) bond motifs is 1. The molecule has 0 spiro atoms. The topological polar surface area (TPSA) is 96.1 Å². The normalized spacial score (nSPS) is 10.3. The number of nitrogens with one attached hydrogen (secondary N) is 3. The summed E-state index contributed by atoms with van der Waals surface area (Å²) in [5.74, 6) is -0.742. The Balaban J connectivity index is 1.73. The van der Waals surface area contributed by atoms with Crippen LogP contribution in [0.5, 0.6) is 5.88 Å². The molecule has 3 N–H and O–H groups in total. The number of carbonyl (C=O) groups excluding carboxylic acids is 2. The number of pyridine rings is 1. The van der Waals surface area contributed by atoms with Crippen LogP contribution in [0.1, 0.15) is 20.7 Å². The van der Waals surface area contributed by atoms with Gasteiger partial charge in [0, 0.05) is 23.3 Å². The Hall–Kier alpha value is -3.35. The van der Waals surface area contributed by atoms with Gasteiger partial charge in [0.05, 0.1) is 12.7 Å². The minimum absolute atomic E-state index is 0.186. The summed E-state index contributed by atoms with van der Waals surface area (Å²) in [7, 11) is 1.42. The lowest BCUT2D eigenvalue weighted by atomic mass is 10.2. The van der Waals surface area contributed by atoms with Crippen molar-refractivity contribution in [2.75, 3.05) is 7.11 Å². The third-order valence-electron chi connectivity index (χ3n) is 3.33. The molecule has 0 aliphatic rings. The zero-order valence-electron chi connectivity index (χ0n) is 12.3. The highest BCUT2D eigenvalue weighted by Gasteiger charge is 2.15. The first kappa shape index (κ1) is 14.6. The van der Waals surface area contributed by atoms with Crippen molar-refractivity contribution in [1.29, 1.82) is 0 Å². The van der Waals surface area contributed by atoms with E-state index in [-0.39, 0.29) is 11.4 Å². The summed E-state index contributed by atoms with van der Waals surface area (Å²) < 4.78 is 5.01. The molecule has 0 saturated carbocycles. The van der Waals surface area contributed by atoms with E-state index in [2.05, 4.69) is 20.8 Å². The van der Waals surface area contributed by atoms with Crippen LogP contribution < -0.4 is 15.6 Å². The van der Waals surface area contributed by atoms with E-state index in [1.165, 1.54) is 13.3 Å². The number of H-pyrrole nitrogens is 1. The van der Waals surface area contributed by atoms with Crippen LogP contribution in [0.2, 0.25) is 0 Å². The molecular weight excluding hydrogens is 296 g/mol.